The van der Waals surface area contributed by atoms with Gasteiger partial charge in [-0.25, -0.2) is 0 Å². The lowest BCUT2D eigenvalue weighted by atomic mass is 9.63. The number of rotatable bonds is 5. The Morgan fingerprint density at radius 1 is 1.47 bits per heavy atom. The summed E-state index contributed by atoms with van der Waals surface area (Å²) >= 11 is 0. The lowest BCUT2D eigenvalue weighted by Crippen LogP contribution is -2.63. The van der Waals surface area contributed by atoms with E-state index in [0.29, 0.717) is 11.8 Å². The average Bonchev–Trinajstić information content (AvgIpc) is 2.08. The van der Waals surface area contributed by atoms with Gasteiger partial charge in [0.15, 0.2) is 0 Å². The van der Waals surface area contributed by atoms with E-state index in [2.05, 4.69) is 26.1 Å². The Bertz CT molecular complexity index is 232. The first-order chi connectivity index (χ1) is 6.91. The number of carboxylic acid groups (broad SMARTS) is 1. The molecule has 1 saturated carbocycles. The lowest BCUT2D eigenvalue weighted by Gasteiger charge is -2.48. The summed E-state index contributed by atoms with van der Waals surface area (Å²) in [7, 11) is 0. The largest absolute Gasteiger partial charge is 0.480 e. The maximum Gasteiger partial charge on any atom is 0.323 e. The van der Waals surface area contributed by atoms with E-state index in [1.165, 1.54) is 0 Å². The molecule has 1 unspecified atom stereocenters. The summed E-state index contributed by atoms with van der Waals surface area (Å²) in [6.45, 7) is 8.46. The molecule has 0 radical (unpaired) electrons. The van der Waals surface area contributed by atoms with E-state index in [-0.39, 0.29) is 6.04 Å². The molecule has 3 nitrogen and oxygen atoms in total. The van der Waals surface area contributed by atoms with Crippen molar-refractivity contribution in [3.8, 4) is 0 Å². The minimum Gasteiger partial charge on any atom is -0.480 e. The fourth-order valence-corrected chi connectivity index (χ4v) is 2.23. The maximum absolute atomic E-state index is 11.3. The highest BCUT2D eigenvalue weighted by Crippen LogP contribution is 2.42. The minimum absolute atomic E-state index is 0.286. The van der Waals surface area contributed by atoms with Crippen molar-refractivity contribution in [1.82, 2.24) is 5.32 Å². The predicted molar refractivity (Wildman–Crippen MR) is 60.8 cm³/mol. The van der Waals surface area contributed by atoms with Crippen molar-refractivity contribution in [3.63, 3.8) is 0 Å². The van der Waals surface area contributed by atoms with Crippen LogP contribution in [-0.4, -0.2) is 22.7 Å². The second kappa shape index (κ2) is 4.52. The Morgan fingerprint density at radius 2 is 2.00 bits per heavy atom. The quantitative estimate of drug-likeness (QED) is 0.736. The van der Waals surface area contributed by atoms with Crippen LogP contribution in [0, 0.1) is 11.8 Å². The molecule has 0 saturated heterocycles. The molecule has 1 atom stereocenters. The van der Waals surface area contributed by atoms with Crippen molar-refractivity contribution in [2.75, 3.05) is 0 Å². The molecular formula is C12H23NO2. The summed E-state index contributed by atoms with van der Waals surface area (Å²) in [6, 6.07) is 0.286. The molecule has 3 heteroatoms. The standard InChI is InChI=1S/C12H23NO2/c1-5-9(4)13-12(11(14)15)6-10(7-12)8(2)3/h8-10,13H,5-7H2,1-4H3,(H,14,15). The van der Waals surface area contributed by atoms with Crippen LogP contribution in [0.2, 0.25) is 0 Å². The summed E-state index contributed by atoms with van der Waals surface area (Å²) in [5.74, 6) is 0.480. The third-order valence-corrected chi connectivity index (χ3v) is 3.71. The molecule has 1 aliphatic carbocycles. The van der Waals surface area contributed by atoms with E-state index < -0.39 is 11.5 Å². The van der Waals surface area contributed by atoms with Crippen molar-refractivity contribution < 1.29 is 9.90 Å². The highest BCUT2D eigenvalue weighted by molar-refractivity contribution is 5.80. The molecule has 0 aromatic carbocycles. The van der Waals surface area contributed by atoms with Gasteiger partial charge in [-0.05, 0) is 38.0 Å². The molecule has 1 aliphatic rings. The highest BCUT2D eigenvalue weighted by Gasteiger charge is 2.51. The summed E-state index contributed by atoms with van der Waals surface area (Å²) < 4.78 is 0. The fraction of sp³-hybridized carbons (Fsp3) is 0.917. The van der Waals surface area contributed by atoms with E-state index in [1.54, 1.807) is 0 Å². The average molecular weight is 213 g/mol. The van der Waals surface area contributed by atoms with Gasteiger partial charge in [0.1, 0.15) is 5.54 Å². The van der Waals surface area contributed by atoms with Crippen LogP contribution in [0.3, 0.4) is 0 Å². The molecule has 1 fully saturated rings. The molecule has 2 N–H and O–H groups in total. The predicted octanol–water partition coefficient (Wildman–Crippen LogP) is 2.26. The number of hydrogen-bond donors (Lipinski definition) is 2. The summed E-state index contributed by atoms with van der Waals surface area (Å²) in [5, 5.41) is 12.5. The number of nitrogens with one attached hydrogen (secondary N) is 1. The minimum atomic E-state index is -0.681. The second-order valence-corrected chi connectivity index (χ2v) is 5.25. The van der Waals surface area contributed by atoms with Crippen molar-refractivity contribution in [1.29, 1.82) is 0 Å². The molecule has 0 aliphatic heterocycles. The number of hydrogen-bond acceptors (Lipinski definition) is 2. The van der Waals surface area contributed by atoms with Gasteiger partial charge in [0.05, 0.1) is 0 Å². The number of aliphatic carboxylic acids is 1. The van der Waals surface area contributed by atoms with Crippen LogP contribution in [0.4, 0.5) is 0 Å². The first kappa shape index (κ1) is 12.5. The fourth-order valence-electron chi connectivity index (χ4n) is 2.23. The van der Waals surface area contributed by atoms with Gasteiger partial charge in [0.2, 0.25) is 0 Å². The van der Waals surface area contributed by atoms with Crippen LogP contribution in [0.15, 0.2) is 0 Å². The van der Waals surface area contributed by atoms with E-state index >= 15 is 0 Å². The Labute approximate surface area is 92.3 Å². The zero-order chi connectivity index (χ0) is 11.6. The Kier molecular flexibility index (Phi) is 3.77. The van der Waals surface area contributed by atoms with E-state index in [9.17, 15) is 9.90 Å². The smallest absolute Gasteiger partial charge is 0.323 e. The van der Waals surface area contributed by atoms with Crippen LogP contribution < -0.4 is 5.32 Å². The normalized spacial score (nSPS) is 32.5. The molecule has 0 bridgehead atoms. The van der Waals surface area contributed by atoms with Crippen molar-refractivity contribution in [2.45, 2.75) is 58.5 Å². The monoisotopic (exact) mass is 213 g/mol. The van der Waals surface area contributed by atoms with Crippen LogP contribution in [0.5, 0.6) is 0 Å². The Morgan fingerprint density at radius 3 is 2.33 bits per heavy atom. The van der Waals surface area contributed by atoms with E-state index in [0.717, 1.165) is 19.3 Å². The zero-order valence-corrected chi connectivity index (χ0v) is 10.2. The maximum atomic E-state index is 11.3. The molecule has 0 spiro atoms. The topological polar surface area (TPSA) is 49.3 Å². The van der Waals surface area contributed by atoms with Crippen LogP contribution >= 0.6 is 0 Å². The lowest BCUT2D eigenvalue weighted by molar-refractivity contribution is -0.153. The van der Waals surface area contributed by atoms with Gasteiger partial charge in [0.25, 0.3) is 0 Å². The molecular weight excluding hydrogens is 190 g/mol. The molecule has 0 heterocycles. The number of carboxylic acids is 1. The van der Waals surface area contributed by atoms with Gasteiger partial charge in [-0.1, -0.05) is 20.8 Å². The highest BCUT2D eigenvalue weighted by atomic mass is 16.4. The van der Waals surface area contributed by atoms with E-state index in [4.69, 9.17) is 0 Å². The third-order valence-electron chi connectivity index (χ3n) is 3.71. The Hall–Kier alpha value is -0.570. The van der Waals surface area contributed by atoms with Gasteiger partial charge in [-0.2, -0.15) is 0 Å². The molecule has 0 amide bonds. The van der Waals surface area contributed by atoms with Crippen molar-refractivity contribution >= 4 is 5.97 Å². The van der Waals surface area contributed by atoms with Gasteiger partial charge in [0, 0.05) is 6.04 Å². The van der Waals surface area contributed by atoms with Crippen molar-refractivity contribution in [2.24, 2.45) is 11.8 Å². The van der Waals surface area contributed by atoms with Gasteiger partial charge >= 0.3 is 5.97 Å². The summed E-state index contributed by atoms with van der Waals surface area (Å²) in [6.07, 6.45) is 2.54. The second-order valence-electron chi connectivity index (χ2n) is 5.25. The Balaban J connectivity index is 2.58. The van der Waals surface area contributed by atoms with Crippen molar-refractivity contribution in [3.05, 3.63) is 0 Å². The van der Waals surface area contributed by atoms with Crippen LogP contribution in [0.25, 0.3) is 0 Å². The molecule has 0 aromatic heterocycles. The first-order valence-electron chi connectivity index (χ1n) is 5.92. The summed E-state index contributed by atoms with van der Waals surface area (Å²) in [4.78, 5) is 11.3. The van der Waals surface area contributed by atoms with Gasteiger partial charge < -0.3 is 5.11 Å². The van der Waals surface area contributed by atoms with E-state index in [1.807, 2.05) is 6.92 Å². The zero-order valence-electron chi connectivity index (χ0n) is 10.2. The van der Waals surface area contributed by atoms with Crippen LogP contribution in [-0.2, 0) is 4.79 Å². The van der Waals surface area contributed by atoms with Gasteiger partial charge in [-0.3, -0.25) is 10.1 Å². The van der Waals surface area contributed by atoms with Crippen LogP contribution in [0.1, 0.15) is 47.0 Å². The molecule has 88 valence electrons. The first-order valence-corrected chi connectivity index (χ1v) is 5.92. The third kappa shape index (κ3) is 2.51. The summed E-state index contributed by atoms with van der Waals surface area (Å²) in [5.41, 5.74) is -0.635. The number of carbonyl (C=O) groups is 1. The van der Waals surface area contributed by atoms with Gasteiger partial charge in [-0.15, -0.1) is 0 Å². The molecule has 15 heavy (non-hydrogen) atoms. The SMILES string of the molecule is CCC(C)NC1(C(=O)O)CC(C(C)C)C1. The molecule has 0 aromatic rings. The molecule has 1 rings (SSSR count).